The van der Waals surface area contributed by atoms with Gasteiger partial charge in [-0.3, -0.25) is 18.2 Å². The molecule has 0 bridgehead atoms. The Kier molecular flexibility index (Phi) is 10.1. The predicted molar refractivity (Wildman–Crippen MR) is 169 cm³/mol. The van der Waals surface area contributed by atoms with Crippen LogP contribution in [0.2, 0.25) is 0 Å². The van der Waals surface area contributed by atoms with Crippen LogP contribution < -0.4 is 19.7 Å². The molecule has 0 spiro atoms. The highest BCUT2D eigenvalue weighted by atomic mass is 32.3. The molecule has 1 aliphatic carbocycles. The van der Waals surface area contributed by atoms with E-state index < -0.39 is 22.9 Å². The maximum atomic E-state index is 13.8. The van der Waals surface area contributed by atoms with E-state index in [2.05, 4.69) is 10.6 Å². The maximum Gasteiger partial charge on any atom is 0.251 e. The molecule has 5 rings (SSSR count). The molecule has 0 unspecified atom stereocenters. The highest BCUT2D eigenvalue weighted by molar-refractivity contribution is 8.25. The van der Waals surface area contributed by atoms with Crippen molar-refractivity contribution in [1.82, 2.24) is 10.6 Å². The SMILES string of the molecule is COc1cccc(CNC[C@@H](O)[C@H](Cc2ccccc2)NC(=O)c2cc(C3CCCC3)cc(N3CCCS3(O)O)c2)c1. The summed E-state index contributed by atoms with van der Waals surface area (Å²) in [7, 11) is -1.26. The third-order valence-corrected chi connectivity index (χ3v) is 10.3. The van der Waals surface area contributed by atoms with Gasteiger partial charge in [0.1, 0.15) is 5.75 Å². The van der Waals surface area contributed by atoms with Gasteiger partial charge in [-0.15, -0.1) is 10.8 Å². The van der Waals surface area contributed by atoms with Crippen LogP contribution in [0.25, 0.3) is 0 Å². The summed E-state index contributed by atoms with van der Waals surface area (Å²) in [4.78, 5) is 13.8. The third kappa shape index (κ3) is 7.65. The number of benzene rings is 3. The smallest absolute Gasteiger partial charge is 0.251 e. The zero-order valence-corrected chi connectivity index (χ0v) is 25.1. The van der Waals surface area contributed by atoms with Gasteiger partial charge in [0.2, 0.25) is 0 Å². The molecule has 42 heavy (non-hydrogen) atoms. The highest BCUT2D eigenvalue weighted by Crippen LogP contribution is 2.51. The second-order valence-electron chi connectivity index (χ2n) is 11.4. The molecule has 1 aliphatic heterocycles. The van der Waals surface area contributed by atoms with Crippen LogP contribution in [0, 0.1) is 0 Å². The van der Waals surface area contributed by atoms with E-state index in [4.69, 9.17) is 4.74 Å². The molecule has 0 radical (unpaired) electrons. The van der Waals surface area contributed by atoms with Gasteiger partial charge in [0.25, 0.3) is 5.91 Å². The standard InChI is InChI=1S/C33H43N3O5S/c1-41-30-14-7-11-25(17-30)22-34-23-32(37)31(18-24-9-3-2-4-10-24)35-33(38)28-19-27(26-12-5-6-13-26)20-29(21-28)36-15-8-16-42(36,39)40/h2-4,7,9-11,14,17,19-21,26,31-32,34,37,39-40H,5-6,8,12-13,15-16,18,22-23H2,1H3,(H,35,38)/t31-,32+/m0/s1. The van der Waals surface area contributed by atoms with E-state index in [1.807, 2.05) is 66.7 Å². The predicted octanol–water partition coefficient (Wildman–Crippen LogP) is 5.72. The second kappa shape index (κ2) is 13.9. The Labute approximate surface area is 250 Å². The van der Waals surface area contributed by atoms with E-state index in [0.29, 0.717) is 48.9 Å². The first-order valence-electron chi connectivity index (χ1n) is 14.9. The van der Waals surface area contributed by atoms with Crippen LogP contribution in [0.3, 0.4) is 0 Å². The summed E-state index contributed by atoms with van der Waals surface area (Å²) in [5.41, 5.74) is 4.28. The topological polar surface area (TPSA) is 114 Å². The lowest BCUT2D eigenvalue weighted by atomic mass is 9.94. The maximum absolute atomic E-state index is 13.8. The number of methoxy groups -OCH3 is 1. The van der Waals surface area contributed by atoms with Crippen LogP contribution >= 0.6 is 10.8 Å². The van der Waals surface area contributed by atoms with E-state index >= 15 is 0 Å². The summed E-state index contributed by atoms with van der Waals surface area (Å²) in [5, 5.41) is 17.7. The minimum Gasteiger partial charge on any atom is -0.497 e. The molecule has 1 saturated heterocycles. The highest BCUT2D eigenvalue weighted by Gasteiger charge is 2.31. The molecule has 226 valence electrons. The zero-order valence-electron chi connectivity index (χ0n) is 24.2. The number of nitrogens with one attached hydrogen (secondary N) is 2. The van der Waals surface area contributed by atoms with Gasteiger partial charge >= 0.3 is 0 Å². The van der Waals surface area contributed by atoms with E-state index in [-0.39, 0.29) is 12.5 Å². The van der Waals surface area contributed by atoms with Gasteiger partial charge in [0.05, 0.1) is 30.7 Å². The summed E-state index contributed by atoms with van der Waals surface area (Å²) in [5.74, 6) is 1.20. The van der Waals surface area contributed by atoms with Crippen molar-refractivity contribution < 1.29 is 23.7 Å². The Morgan fingerprint density at radius 1 is 1.00 bits per heavy atom. The summed E-state index contributed by atoms with van der Waals surface area (Å²) >= 11 is 0. The van der Waals surface area contributed by atoms with Gasteiger partial charge in [-0.2, -0.15) is 0 Å². The fourth-order valence-electron chi connectivity index (χ4n) is 6.05. The Bertz CT molecular complexity index is 1330. The molecule has 1 heterocycles. The molecule has 3 aromatic carbocycles. The number of nitrogens with zero attached hydrogens (tertiary/aromatic N) is 1. The van der Waals surface area contributed by atoms with Crippen molar-refractivity contribution in [3.63, 3.8) is 0 Å². The number of hydrogen-bond donors (Lipinski definition) is 5. The number of carbonyl (C=O) groups is 1. The molecule has 2 aliphatic rings. The molecule has 5 N–H and O–H groups in total. The lowest BCUT2D eigenvalue weighted by molar-refractivity contribution is 0.0830. The molecular formula is C33H43N3O5S. The van der Waals surface area contributed by atoms with E-state index in [9.17, 15) is 19.0 Å². The minimum absolute atomic E-state index is 0.278. The Balaban J connectivity index is 1.35. The normalized spacial score (nSPS) is 18.9. The molecular weight excluding hydrogens is 550 g/mol. The van der Waals surface area contributed by atoms with Crippen molar-refractivity contribution in [3.05, 3.63) is 95.1 Å². The first-order chi connectivity index (χ1) is 20.3. The van der Waals surface area contributed by atoms with Crippen LogP contribution in [-0.2, 0) is 13.0 Å². The Morgan fingerprint density at radius 2 is 1.76 bits per heavy atom. The number of aliphatic hydroxyl groups is 1. The van der Waals surface area contributed by atoms with Crippen molar-refractivity contribution in [2.75, 3.05) is 30.3 Å². The molecule has 1 saturated carbocycles. The van der Waals surface area contributed by atoms with Gasteiger partial charge < -0.3 is 20.5 Å². The summed E-state index contributed by atoms with van der Waals surface area (Å²) in [6, 6.07) is 22.8. The Morgan fingerprint density at radius 3 is 2.48 bits per heavy atom. The van der Waals surface area contributed by atoms with E-state index in [1.54, 1.807) is 17.5 Å². The quantitative estimate of drug-likeness (QED) is 0.183. The lowest BCUT2D eigenvalue weighted by Crippen LogP contribution is -2.48. The summed E-state index contributed by atoms with van der Waals surface area (Å²) in [6.07, 6.45) is 4.77. The molecule has 9 heteroatoms. The van der Waals surface area contributed by atoms with Gasteiger partial charge in [-0.05, 0) is 78.6 Å². The first kappa shape index (κ1) is 30.4. The molecule has 3 aromatic rings. The largest absolute Gasteiger partial charge is 0.497 e. The number of anilines is 1. The number of ether oxygens (including phenoxy) is 1. The van der Waals surface area contributed by atoms with Crippen molar-refractivity contribution in [3.8, 4) is 5.75 Å². The average molecular weight is 594 g/mol. The molecule has 1 amide bonds. The van der Waals surface area contributed by atoms with Gasteiger partial charge in [0, 0.05) is 25.2 Å². The summed E-state index contributed by atoms with van der Waals surface area (Å²) < 4.78 is 28.4. The number of rotatable bonds is 12. The van der Waals surface area contributed by atoms with E-state index in [0.717, 1.165) is 48.1 Å². The average Bonchev–Trinajstić information content (AvgIpc) is 3.67. The number of hydrogen-bond acceptors (Lipinski definition) is 7. The van der Waals surface area contributed by atoms with Crippen molar-refractivity contribution in [2.24, 2.45) is 0 Å². The monoisotopic (exact) mass is 593 g/mol. The second-order valence-corrected chi connectivity index (χ2v) is 13.5. The van der Waals surface area contributed by atoms with Crippen molar-refractivity contribution >= 4 is 22.4 Å². The number of aliphatic hydroxyl groups excluding tert-OH is 1. The van der Waals surface area contributed by atoms with Crippen LogP contribution in [0.5, 0.6) is 5.75 Å². The zero-order chi connectivity index (χ0) is 29.5. The van der Waals surface area contributed by atoms with Crippen molar-refractivity contribution in [2.45, 2.75) is 63.1 Å². The number of amides is 1. The van der Waals surface area contributed by atoms with Crippen molar-refractivity contribution in [1.29, 1.82) is 0 Å². The molecule has 2 atom stereocenters. The van der Waals surface area contributed by atoms with E-state index in [1.165, 1.54) is 0 Å². The fourth-order valence-corrected chi connectivity index (χ4v) is 7.65. The molecule has 2 fully saturated rings. The first-order valence-corrected chi connectivity index (χ1v) is 16.5. The van der Waals surface area contributed by atoms with Crippen LogP contribution in [-0.4, -0.2) is 58.2 Å². The van der Waals surface area contributed by atoms with Gasteiger partial charge in [-0.25, -0.2) is 0 Å². The van der Waals surface area contributed by atoms with Crippen LogP contribution in [0.1, 0.15) is 65.1 Å². The lowest BCUT2D eigenvalue weighted by Gasteiger charge is -2.38. The molecule has 8 nitrogen and oxygen atoms in total. The Hall–Kier alpha value is -3.08. The van der Waals surface area contributed by atoms with Crippen LogP contribution in [0.15, 0.2) is 72.8 Å². The summed E-state index contributed by atoms with van der Waals surface area (Å²) in [6.45, 7) is 1.39. The van der Waals surface area contributed by atoms with Gasteiger partial charge in [-0.1, -0.05) is 55.3 Å². The number of carbonyl (C=O) groups excluding carboxylic acids is 1. The minimum atomic E-state index is -2.89. The molecule has 0 aromatic heterocycles. The van der Waals surface area contributed by atoms with Crippen LogP contribution in [0.4, 0.5) is 5.69 Å². The third-order valence-electron chi connectivity index (χ3n) is 8.35. The fraction of sp³-hybridized carbons (Fsp3) is 0.424. The van der Waals surface area contributed by atoms with Gasteiger partial charge in [0.15, 0.2) is 0 Å².